The fraction of sp³-hybridized carbons (Fsp3) is 0.222. The lowest BCUT2D eigenvalue weighted by molar-refractivity contribution is -0.145. The number of carbonyl (C=O) groups is 1. The van der Waals surface area contributed by atoms with Crippen LogP contribution in [0.3, 0.4) is 0 Å². The van der Waals surface area contributed by atoms with Crippen LogP contribution < -0.4 is 5.73 Å². The summed E-state index contributed by atoms with van der Waals surface area (Å²) in [6.45, 7) is 0.274. The van der Waals surface area contributed by atoms with Gasteiger partial charge in [-0.3, -0.25) is 4.79 Å². The molecule has 2 aromatic heterocycles. The van der Waals surface area contributed by atoms with E-state index >= 15 is 0 Å². The summed E-state index contributed by atoms with van der Waals surface area (Å²) in [6.07, 6.45) is 1.39. The zero-order valence-electron chi connectivity index (χ0n) is 8.67. The molecule has 0 saturated carbocycles. The van der Waals surface area contributed by atoms with E-state index < -0.39 is 0 Å². The van der Waals surface area contributed by atoms with E-state index in [1.807, 2.05) is 11.4 Å². The van der Waals surface area contributed by atoms with E-state index in [-0.39, 0.29) is 25.1 Å². The Kier molecular flexibility index (Phi) is 3.75. The molecular weight excluding hydrogens is 308 g/mol. The number of thiophene rings is 1. The molecule has 0 atom stereocenters. The van der Waals surface area contributed by atoms with E-state index in [2.05, 4.69) is 26.0 Å². The highest BCUT2D eigenvalue weighted by atomic mass is 79.9. The maximum atomic E-state index is 11.4. The van der Waals surface area contributed by atoms with Gasteiger partial charge in [0.1, 0.15) is 19.5 Å². The Morgan fingerprint density at radius 2 is 2.47 bits per heavy atom. The van der Waals surface area contributed by atoms with Gasteiger partial charge in [-0.15, -0.1) is 16.4 Å². The van der Waals surface area contributed by atoms with Gasteiger partial charge < -0.3 is 10.5 Å². The van der Waals surface area contributed by atoms with Crippen LogP contribution in [0.15, 0.2) is 22.2 Å². The number of nitrogens with zero attached hydrogens (tertiary/aromatic N) is 3. The van der Waals surface area contributed by atoms with Gasteiger partial charge in [0.25, 0.3) is 0 Å². The number of hydrogen-bond acceptors (Lipinski definition) is 6. The first-order valence-corrected chi connectivity index (χ1v) is 6.34. The molecule has 2 heterocycles. The van der Waals surface area contributed by atoms with Crippen LogP contribution in [0.25, 0.3) is 0 Å². The molecule has 0 aliphatic heterocycles. The fourth-order valence-electron chi connectivity index (χ4n) is 1.14. The third-order valence-electron chi connectivity index (χ3n) is 1.84. The molecule has 8 heteroatoms. The molecule has 17 heavy (non-hydrogen) atoms. The van der Waals surface area contributed by atoms with Crippen LogP contribution >= 0.6 is 27.3 Å². The van der Waals surface area contributed by atoms with Crippen molar-refractivity contribution in [3.8, 4) is 0 Å². The molecule has 0 fully saturated rings. The number of halogens is 1. The van der Waals surface area contributed by atoms with Crippen molar-refractivity contribution >= 4 is 39.2 Å². The Morgan fingerprint density at radius 3 is 3.06 bits per heavy atom. The molecule has 0 aliphatic rings. The van der Waals surface area contributed by atoms with Crippen LogP contribution in [0.2, 0.25) is 0 Å². The Balaban J connectivity index is 1.82. The lowest BCUT2D eigenvalue weighted by Crippen LogP contribution is -2.13. The van der Waals surface area contributed by atoms with Gasteiger partial charge in [0.2, 0.25) is 5.95 Å². The monoisotopic (exact) mass is 316 g/mol. The number of aromatic nitrogens is 3. The minimum absolute atomic E-state index is 0.0107. The summed E-state index contributed by atoms with van der Waals surface area (Å²) in [5.74, 6) is -0.237. The van der Waals surface area contributed by atoms with E-state index in [9.17, 15) is 4.79 Å². The SMILES string of the molecule is Nc1ncn(CC(=O)OCc2cc(Br)cs2)n1. The maximum Gasteiger partial charge on any atom is 0.328 e. The van der Waals surface area contributed by atoms with Crippen LogP contribution in [0.4, 0.5) is 5.95 Å². The minimum Gasteiger partial charge on any atom is -0.459 e. The molecule has 0 radical (unpaired) electrons. The number of rotatable bonds is 4. The highest BCUT2D eigenvalue weighted by Gasteiger charge is 2.07. The molecule has 2 N–H and O–H groups in total. The third kappa shape index (κ3) is 3.53. The number of ether oxygens (including phenoxy) is 1. The summed E-state index contributed by atoms with van der Waals surface area (Å²) in [5.41, 5.74) is 5.32. The topological polar surface area (TPSA) is 83.0 Å². The summed E-state index contributed by atoms with van der Waals surface area (Å²) in [5, 5.41) is 5.72. The van der Waals surface area contributed by atoms with Crippen molar-refractivity contribution in [2.45, 2.75) is 13.2 Å². The van der Waals surface area contributed by atoms with Gasteiger partial charge in [0.15, 0.2) is 0 Å². The van der Waals surface area contributed by atoms with Crippen LogP contribution in [0.1, 0.15) is 4.88 Å². The number of esters is 1. The number of hydrogen-bond donors (Lipinski definition) is 1. The minimum atomic E-state index is -0.376. The number of nitrogen functional groups attached to an aromatic ring is 1. The highest BCUT2D eigenvalue weighted by Crippen LogP contribution is 2.20. The van der Waals surface area contributed by atoms with E-state index in [1.165, 1.54) is 22.3 Å². The van der Waals surface area contributed by atoms with Crippen molar-refractivity contribution in [3.05, 3.63) is 27.1 Å². The largest absolute Gasteiger partial charge is 0.459 e. The van der Waals surface area contributed by atoms with Gasteiger partial charge in [0.05, 0.1) is 0 Å². The van der Waals surface area contributed by atoms with E-state index in [4.69, 9.17) is 10.5 Å². The fourth-order valence-corrected chi connectivity index (χ4v) is 2.51. The normalized spacial score (nSPS) is 10.4. The van der Waals surface area contributed by atoms with E-state index in [1.54, 1.807) is 0 Å². The maximum absolute atomic E-state index is 11.4. The average molecular weight is 317 g/mol. The molecular formula is C9H9BrN4O2S. The quantitative estimate of drug-likeness (QED) is 0.863. The zero-order chi connectivity index (χ0) is 12.3. The van der Waals surface area contributed by atoms with Crippen LogP contribution in [-0.2, 0) is 22.7 Å². The summed E-state index contributed by atoms with van der Waals surface area (Å²) in [4.78, 5) is 16.1. The molecule has 0 unspecified atom stereocenters. The Bertz CT molecular complexity index is 525. The predicted octanol–water partition coefficient (Wildman–Crippen LogP) is 1.43. The zero-order valence-corrected chi connectivity index (χ0v) is 11.1. The molecule has 0 amide bonds. The van der Waals surface area contributed by atoms with Gasteiger partial charge in [0, 0.05) is 14.7 Å². The smallest absolute Gasteiger partial charge is 0.328 e. The Labute approximate surface area is 110 Å². The molecule has 0 saturated heterocycles. The average Bonchev–Trinajstić information content (AvgIpc) is 2.85. The second-order valence-corrected chi connectivity index (χ2v) is 5.10. The van der Waals surface area contributed by atoms with Crippen LogP contribution in [0, 0.1) is 0 Å². The molecule has 2 rings (SSSR count). The molecule has 0 spiro atoms. The second-order valence-electron chi connectivity index (χ2n) is 3.19. The summed E-state index contributed by atoms with van der Waals surface area (Å²) in [7, 11) is 0. The van der Waals surface area contributed by atoms with Crippen molar-refractivity contribution < 1.29 is 9.53 Å². The van der Waals surface area contributed by atoms with E-state index in [0.29, 0.717) is 0 Å². The van der Waals surface area contributed by atoms with Crippen molar-refractivity contribution in [2.24, 2.45) is 0 Å². The van der Waals surface area contributed by atoms with Gasteiger partial charge >= 0.3 is 5.97 Å². The molecule has 6 nitrogen and oxygen atoms in total. The lowest BCUT2D eigenvalue weighted by Gasteiger charge is -2.02. The first-order chi connectivity index (χ1) is 8.13. The Hall–Kier alpha value is -1.41. The summed E-state index contributed by atoms with van der Waals surface area (Å²) in [6, 6.07) is 1.91. The van der Waals surface area contributed by atoms with Crippen LogP contribution in [-0.4, -0.2) is 20.7 Å². The van der Waals surface area contributed by atoms with Crippen molar-refractivity contribution in [1.29, 1.82) is 0 Å². The van der Waals surface area contributed by atoms with E-state index in [0.717, 1.165) is 9.35 Å². The summed E-state index contributed by atoms with van der Waals surface area (Å²) < 4.78 is 7.40. The second kappa shape index (κ2) is 5.28. The molecule has 0 aliphatic carbocycles. The van der Waals surface area contributed by atoms with Crippen LogP contribution in [0.5, 0.6) is 0 Å². The molecule has 0 aromatic carbocycles. The van der Waals surface area contributed by atoms with Crippen molar-refractivity contribution in [2.75, 3.05) is 5.73 Å². The van der Waals surface area contributed by atoms with Crippen molar-refractivity contribution in [3.63, 3.8) is 0 Å². The molecule has 2 aromatic rings. The molecule has 90 valence electrons. The lowest BCUT2D eigenvalue weighted by atomic mass is 10.5. The number of carbonyl (C=O) groups excluding carboxylic acids is 1. The molecule has 0 bridgehead atoms. The van der Waals surface area contributed by atoms with Crippen molar-refractivity contribution in [1.82, 2.24) is 14.8 Å². The van der Waals surface area contributed by atoms with Gasteiger partial charge in [-0.1, -0.05) is 0 Å². The standard InChI is InChI=1S/C9H9BrN4O2S/c10-6-1-7(17-4-6)3-16-8(15)2-14-5-12-9(11)13-14/h1,4-5H,2-3H2,(H2,11,13). The number of anilines is 1. The third-order valence-corrected chi connectivity index (χ3v) is 3.51. The summed E-state index contributed by atoms with van der Waals surface area (Å²) >= 11 is 4.85. The van der Waals surface area contributed by atoms with Gasteiger partial charge in [-0.25, -0.2) is 9.67 Å². The Morgan fingerprint density at radius 1 is 1.65 bits per heavy atom. The first-order valence-electron chi connectivity index (χ1n) is 4.67. The predicted molar refractivity (Wildman–Crippen MR) is 66.2 cm³/mol. The number of nitrogens with two attached hydrogens (primary N) is 1. The first kappa shape index (κ1) is 12.1. The van der Waals surface area contributed by atoms with Gasteiger partial charge in [-0.05, 0) is 22.0 Å². The highest BCUT2D eigenvalue weighted by molar-refractivity contribution is 9.10. The van der Waals surface area contributed by atoms with Gasteiger partial charge in [-0.2, -0.15) is 0 Å².